The lowest BCUT2D eigenvalue weighted by molar-refractivity contribution is 0.0765. The number of nitrogens with two attached hydrogens (primary N) is 1. The van der Waals surface area contributed by atoms with Crippen molar-refractivity contribution in [3.63, 3.8) is 0 Å². The van der Waals surface area contributed by atoms with Crippen molar-refractivity contribution in [2.24, 2.45) is 0 Å². The molecule has 1 rings (SSSR count). The zero-order chi connectivity index (χ0) is 16.0. The maximum absolute atomic E-state index is 5.99. The van der Waals surface area contributed by atoms with Crippen LogP contribution >= 0.6 is 0 Å². The lowest BCUT2D eigenvalue weighted by atomic mass is 9.95. The molecule has 5 heteroatoms. The lowest BCUT2D eigenvalue weighted by Crippen LogP contribution is -2.19. The molecule has 0 aromatic carbocycles. The van der Waals surface area contributed by atoms with E-state index >= 15 is 0 Å². The number of nitrogen functional groups attached to an aromatic ring is 1. The zero-order valence-corrected chi connectivity index (χ0v) is 14.3. The van der Waals surface area contributed by atoms with Gasteiger partial charge >= 0.3 is 0 Å². The van der Waals surface area contributed by atoms with Crippen LogP contribution < -0.4 is 11.1 Å². The van der Waals surface area contributed by atoms with Gasteiger partial charge in [0, 0.05) is 24.1 Å². The Kier molecular flexibility index (Phi) is 6.40. The van der Waals surface area contributed by atoms with Gasteiger partial charge in [-0.25, -0.2) is 9.97 Å². The molecular formula is C16H30N4O. The first-order valence-electron chi connectivity index (χ1n) is 7.72. The first kappa shape index (κ1) is 17.7. The molecule has 0 atom stereocenters. The molecule has 0 amide bonds. The summed E-state index contributed by atoms with van der Waals surface area (Å²) in [7, 11) is 0. The van der Waals surface area contributed by atoms with Crippen molar-refractivity contribution in [1.82, 2.24) is 9.97 Å². The van der Waals surface area contributed by atoms with E-state index in [0.717, 1.165) is 43.2 Å². The van der Waals surface area contributed by atoms with Gasteiger partial charge in [0.2, 0.25) is 0 Å². The highest BCUT2D eigenvalue weighted by Gasteiger charge is 2.20. The van der Waals surface area contributed by atoms with Crippen LogP contribution in [0.15, 0.2) is 0 Å². The molecule has 0 radical (unpaired) electrons. The zero-order valence-electron chi connectivity index (χ0n) is 14.3. The quantitative estimate of drug-likeness (QED) is 0.755. The van der Waals surface area contributed by atoms with Crippen LogP contribution in [0.4, 0.5) is 11.6 Å². The molecule has 0 spiro atoms. The van der Waals surface area contributed by atoms with Crippen LogP contribution in [-0.4, -0.2) is 29.2 Å². The molecule has 0 unspecified atom stereocenters. The standard InChI is InChI=1S/C16H30N4O/c1-11(2)21-10-8-7-9-18-14-12(3)13(17)19-15(20-14)16(4,5)6/h11H,7-10H2,1-6H3,(H3,17,18,19,20). The van der Waals surface area contributed by atoms with Gasteiger partial charge in [0.15, 0.2) is 0 Å². The second-order valence-corrected chi connectivity index (χ2v) is 6.71. The Morgan fingerprint density at radius 2 is 1.86 bits per heavy atom. The monoisotopic (exact) mass is 294 g/mol. The number of hydrogen-bond donors (Lipinski definition) is 2. The molecule has 1 aromatic heterocycles. The van der Waals surface area contributed by atoms with Crippen LogP contribution in [0, 0.1) is 6.92 Å². The van der Waals surface area contributed by atoms with E-state index in [0.29, 0.717) is 11.9 Å². The number of aromatic nitrogens is 2. The molecule has 3 N–H and O–H groups in total. The molecule has 21 heavy (non-hydrogen) atoms. The third kappa shape index (κ3) is 5.87. The summed E-state index contributed by atoms with van der Waals surface area (Å²) in [6.45, 7) is 14.0. The highest BCUT2D eigenvalue weighted by Crippen LogP contribution is 2.24. The fraction of sp³-hybridized carbons (Fsp3) is 0.750. The summed E-state index contributed by atoms with van der Waals surface area (Å²) in [5.74, 6) is 2.18. The third-order valence-electron chi connectivity index (χ3n) is 3.17. The minimum Gasteiger partial charge on any atom is -0.383 e. The number of ether oxygens (including phenoxy) is 1. The van der Waals surface area contributed by atoms with Gasteiger partial charge in [-0.1, -0.05) is 20.8 Å². The van der Waals surface area contributed by atoms with E-state index in [1.807, 2.05) is 6.92 Å². The molecule has 1 heterocycles. The minimum atomic E-state index is -0.108. The van der Waals surface area contributed by atoms with Gasteiger partial charge < -0.3 is 15.8 Å². The first-order chi connectivity index (χ1) is 9.71. The number of unbranched alkanes of at least 4 members (excludes halogenated alkanes) is 1. The molecule has 120 valence electrons. The summed E-state index contributed by atoms with van der Waals surface area (Å²) < 4.78 is 5.53. The van der Waals surface area contributed by atoms with Crippen LogP contribution in [0.1, 0.15) is 58.8 Å². The highest BCUT2D eigenvalue weighted by molar-refractivity contribution is 5.55. The number of nitrogens with one attached hydrogen (secondary N) is 1. The maximum atomic E-state index is 5.99. The molecule has 0 bridgehead atoms. The van der Waals surface area contributed by atoms with Gasteiger partial charge in [-0.05, 0) is 33.6 Å². The Hall–Kier alpha value is -1.36. The van der Waals surface area contributed by atoms with E-state index in [9.17, 15) is 0 Å². The van der Waals surface area contributed by atoms with Crippen LogP contribution in [-0.2, 0) is 10.2 Å². The molecule has 0 fully saturated rings. The first-order valence-corrected chi connectivity index (χ1v) is 7.72. The molecule has 0 aliphatic rings. The van der Waals surface area contributed by atoms with Gasteiger partial charge in [-0.2, -0.15) is 0 Å². The van der Waals surface area contributed by atoms with Crippen molar-refractivity contribution in [3.05, 3.63) is 11.4 Å². The molecule has 0 aliphatic heterocycles. The Labute approximate surface area is 128 Å². The summed E-state index contributed by atoms with van der Waals surface area (Å²) in [4.78, 5) is 9.01. The summed E-state index contributed by atoms with van der Waals surface area (Å²) in [6, 6.07) is 0. The number of nitrogens with zero attached hydrogens (tertiary/aromatic N) is 2. The summed E-state index contributed by atoms with van der Waals surface area (Å²) in [6.07, 6.45) is 2.38. The smallest absolute Gasteiger partial charge is 0.138 e. The van der Waals surface area contributed by atoms with Crippen molar-refractivity contribution in [2.75, 3.05) is 24.2 Å². The largest absolute Gasteiger partial charge is 0.383 e. The average Bonchev–Trinajstić information content (AvgIpc) is 2.36. The molecule has 1 aromatic rings. The van der Waals surface area contributed by atoms with Crippen LogP contribution in [0.3, 0.4) is 0 Å². The van der Waals surface area contributed by atoms with E-state index in [4.69, 9.17) is 10.5 Å². The molecule has 0 aliphatic carbocycles. The lowest BCUT2D eigenvalue weighted by Gasteiger charge is -2.19. The highest BCUT2D eigenvalue weighted by atomic mass is 16.5. The Bertz CT molecular complexity index is 452. The van der Waals surface area contributed by atoms with E-state index in [-0.39, 0.29) is 5.41 Å². The van der Waals surface area contributed by atoms with E-state index < -0.39 is 0 Å². The second kappa shape index (κ2) is 7.59. The normalized spacial score (nSPS) is 12.0. The van der Waals surface area contributed by atoms with Crippen molar-refractivity contribution < 1.29 is 4.74 Å². The molecular weight excluding hydrogens is 264 g/mol. The van der Waals surface area contributed by atoms with E-state index in [1.165, 1.54) is 0 Å². The Balaban J connectivity index is 2.56. The van der Waals surface area contributed by atoms with E-state index in [2.05, 4.69) is 49.9 Å². The Morgan fingerprint density at radius 3 is 2.43 bits per heavy atom. The van der Waals surface area contributed by atoms with Crippen molar-refractivity contribution in [2.45, 2.75) is 65.9 Å². The van der Waals surface area contributed by atoms with Gasteiger partial charge in [-0.3, -0.25) is 0 Å². The molecule has 5 nitrogen and oxygen atoms in total. The number of anilines is 2. The Morgan fingerprint density at radius 1 is 1.19 bits per heavy atom. The van der Waals surface area contributed by atoms with Crippen LogP contribution in [0.25, 0.3) is 0 Å². The van der Waals surface area contributed by atoms with Crippen LogP contribution in [0.5, 0.6) is 0 Å². The predicted octanol–water partition coefficient (Wildman–Crippen LogP) is 3.28. The fourth-order valence-corrected chi connectivity index (χ4v) is 1.79. The van der Waals surface area contributed by atoms with Gasteiger partial charge in [0.25, 0.3) is 0 Å². The minimum absolute atomic E-state index is 0.108. The molecule has 0 saturated carbocycles. The fourth-order valence-electron chi connectivity index (χ4n) is 1.79. The summed E-state index contributed by atoms with van der Waals surface area (Å²) in [5.41, 5.74) is 6.80. The molecule has 0 saturated heterocycles. The van der Waals surface area contributed by atoms with Crippen LogP contribution in [0.2, 0.25) is 0 Å². The summed E-state index contributed by atoms with van der Waals surface area (Å²) >= 11 is 0. The van der Waals surface area contributed by atoms with Crippen molar-refractivity contribution in [1.29, 1.82) is 0 Å². The predicted molar refractivity (Wildman–Crippen MR) is 88.7 cm³/mol. The van der Waals surface area contributed by atoms with Gasteiger partial charge in [-0.15, -0.1) is 0 Å². The average molecular weight is 294 g/mol. The van der Waals surface area contributed by atoms with Gasteiger partial charge in [0.1, 0.15) is 17.5 Å². The summed E-state index contributed by atoms with van der Waals surface area (Å²) in [5, 5.41) is 3.37. The SMILES string of the molecule is Cc1c(N)nc(C(C)(C)C)nc1NCCCCOC(C)C. The van der Waals surface area contributed by atoms with E-state index in [1.54, 1.807) is 0 Å². The maximum Gasteiger partial charge on any atom is 0.138 e. The van der Waals surface area contributed by atoms with Crippen molar-refractivity contribution >= 4 is 11.6 Å². The van der Waals surface area contributed by atoms with Crippen molar-refractivity contribution in [3.8, 4) is 0 Å². The number of rotatable bonds is 7. The second-order valence-electron chi connectivity index (χ2n) is 6.71. The topological polar surface area (TPSA) is 73.1 Å². The number of hydrogen-bond acceptors (Lipinski definition) is 5. The van der Waals surface area contributed by atoms with Gasteiger partial charge in [0.05, 0.1) is 6.10 Å². The third-order valence-corrected chi connectivity index (χ3v) is 3.17.